The second-order valence-corrected chi connectivity index (χ2v) is 12.4. The van der Waals surface area contributed by atoms with Gasteiger partial charge in [0.05, 0.1) is 12.1 Å². The molecule has 0 saturated carbocycles. The van der Waals surface area contributed by atoms with Gasteiger partial charge in [-0.3, -0.25) is 25.1 Å². The maximum atomic E-state index is 15.4. The summed E-state index contributed by atoms with van der Waals surface area (Å²) in [5.74, 6) is -7.30. The fourth-order valence-corrected chi connectivity index (χ4v) is 6.91. The van der Waals surface area contributed by atoms with E-state index in [1.807, 2.05) is 49.4 Å². The summed E-state index contributed by atoms with van der Waals surface area (Å²) in [4.78, 5) is 57.2. The Bertz CT molecular complexity index is 1630. The van der Waals surface area contributed by atoms with Crippen LogP contribution < -0.4 is 46.1 Å². The quantitative estimate of drug-likeness (QED) is 0.0966. The van der Waals surface area contributed by atoms with Crippen molar-refractivity contribution in [3.8, 4) is 0 Å². The molecule has 10 nitrogen and oxygen atoms in total. The molecule has 2 fully saturated rings. The summed E-state index contributed by atoms with van der Waals surface area (Å²) in [6.07, 6.45) is 1.03. The number of quaternary nitrogens is 2. The zero-order valence-corrected chi connectivity index (χ0v) is 29.3. The van der Waals surface area contributed by atoms with E-state index in [0.29, 0.717) is 50.7 Å². The number of rotatable bonds is 12. The number of piperazine rings is 1. The van der Waals surface area contributed by atoms with Crippen LogP contribution in [0.15, 0.2) is 72.8 Å². The first kappa shape index (κ1) is 40.5. The van der Waals surface area contributed by atoms with E-state index in [2.05, 4.69) is 9.80 Å². The van der Waals surface area contributed by atoms with Crippen molar-refractivity contribution in [3.63, 3.8) is 0 Å². The Labute approximate surface area is 302 Å². The minimum Gasteiger partial charge on any atom is -1.00 e. The summed E-state index contributed by atoms with van der Waals surface area (Å²) in [6, 6.07) is 18.8. The molecule has 0 radical (unpaired) electrons. The Morgan fingerprint density at radius 1 is 0.960 bits per heavy atom. The first-order valence-electron chi connectivity index (χ1n) is 16.4. The number of hydrogen-bond acceptors (Lipinski definition) is 7. The highest BCUT2D eigenvalue weighted by molar-refractivity contribution is 5.98. The van der Waals surface area contributed by atoms with Crippen LogP contribution in [0.4, 0.5) is 14.5 Å². The first-order valence-corrected chi connectivity index (χ1v) is 16.4. The molecule has 0 aromatic heterocycles. The number of para-hydroxylation sites is 1. The predicted octanol–water partition coefficient (Wildman–Crippen LogP) is -4.68. The van der Waals surface area contributed by atoms with E-state index in [0.717, 1.165) is 30.4 Å². The standard InChI is InChI=1S/C36H41F2N5O5.2ClH/c1-2-28-31(36(47)48-22-23-9-4-3-5-10-23)30(25-14-13-24(37)21-27(25)38)32(35(46)41-28)34(45)40-15-8-16-42-17-19-43(20-18-42)29-12-7-6-11-26(29)33(39)44;;/h3-7,9-14,21,28,30-32H,2,8,15-20,22H2,1H3,(H2,39,44)(H,40,45)(H,41,46);2*1H. The van der Waals surface area contributed by atoms with Gasteiger partial charge in [0, 0.05) is 56.8 Å². The number of carbonyl (C=O) groups is 4. The lowest BCUT2D eigenvalue weighted by Crippen LogP contribution is -3.02. The fraction of sp³-hybridized carbons (Fsp3) is 0.389. The van der Waals surface area contributed by atoms with Crippen molar-refractivity contribution in [2.75, 3.05) is 44.2 Å². The van der Waals surface area contributed by atoms with Crippen molar-refractivity contribution >= 4 is 29.4 Å². The van der Waals surface area contributed by atoms with Crippen LogP contribution in [0.1, 0.15) is 47.2 Å². The second kappa shape index (κ2) is 18.9. The highest BCUT2D eigenvalue weighted by atomic mass is 35.5. The number of nitrogens with two attached hydrogens (primary N) is 3. The maximum Gasteiger partial charge on any atom is 0.328 e. The maximum absolute atomic E-state index is 15.4. The Balaban J connectivity index is 0.00000338. The fourth-order valence-electron chi connectivity index (χ4n) is 6.91. The normalized spacial score (nSPS) is 20.7. The van der Waals surface area contributed by atoms with Crippen LogP contribution in [-0.4, -0.2) is 73.9 Å². The number of nitrogens with zero attached hydrogens (tertiary/aromatic N) is 2. The molecule has 2 aliphatic heterocycles. The summed E-state index contributed by atoms with van der Waals surface area (Å²) in [6.45, 7) is 5.83. The highest BCUT2D eigenvalue weighted by Gasteiger charge is 2.56. The number of primary amides is 3. The van der Waals surface area contributed by atoms with E-state index in [1.165, 1.54) is 16.7 Å². The van der Waals surface area contributed by atoms with Gasteiger partial charge in [-0.15, -0.1) is 0 Å². The molecule has 3 aromatic rings. The molecule has 2 saturated heterocycles. The molecule has 2 aliphatic rings. The molecule has 0 bridgehead atoms. The zero-order chi connectivity index (χ0) is 34.2. The molecular weight excluding hydrogens is 691 g/mol. The third-order valence-corrected chi connectivity index (χ3v) is 9.39. The molecule has 3 aromatic carbocycles. The predicted molar refractivity (Wildman–Crippen MR) is 173 cm³/mol. The van der Waals surface area contributed by atoms with E-state index < -0.39 is 59.1 Å². The van der Waals surface area contributed by atoms with Crippen molar-refractivity contribution in [2.24, 2.45) is 17.6 Å². The summed E-state index contributed by atoms with van der Waals surface area (Å²) in [5, 5.41) is 2.86. The lowest BCUT2D eigenvalue weighted by molar-refractivity contribution is -0.627. The largest absolute Gasteiger partial charge is 1.00 e. The van der Waals surface area contributed by atoms with Crippen LogP contribution in [0.3, 0.4) is 0 Å². The topological polar surface area (TPSA) is 143 Å². The third-order valence-electron chi connectivity index (χ3n) is 9.39. The van der Waals surface area contributed by atoms with Gasteiger partial charge in [0.1, 0.15) is 30.2 Å². The van der Waals surface area contributed by atoms with Crippen LogP contribution in [0.5, 0.6) is 0 Å². The lowest BCUT2D eigenvalue weighted by atomic mass is 9.69. The molecule has 2 heterocycles. The van der Waals surface area contributed by atoms with E-state index in [1.54, 1.807) is 12.1 Å². The molecule has 0 spiro atoms. The zero-order valence-electron chi connectivity index (χ0n) is 27.8. The van der Waals surface area contributed by atoms with Crippen LogP contribution >= 0.6 is 0 Å². The van der Waals surface area contributed by atoms with Gasteiger partial charge in [-0.05, 0) is 35.7 Å². The summed E-state index contributed by atoms with van der Waals surface area (Å²) < 4.78 is 35.0. The van der Waals surface area contributed by atoms with Gasteiger partial charge in [0.25, 0.3) is 5.91 Å². The van der Waals surface area contributed by atoms with Crippen molar-refractivity contribution in [1.29, 1.82) is 0 Å². The van der Waals surface area contributed by atoms with Gasteiger partial charge < -0.3 is 40.2 Å². The van der Waals surface area contributed by atoms with Crippen molar-refractivity contribution in [3.05, 3.63) is 101 Å². The Morgan fingerprint density at radius 3 is 2.30 bits per heavy atom. The van der Waals surface area contributed by atoms with E-state index >= 15 is 4.39 Å². The van der Waals surface area contributed by atoms with Gasteiger partial charge in [0.2, 0.25) is 0 Å². The lowest BCUT2D eigenvalue weighted by Gasteiger charge is -2.37. The molecule has 3 amide bonds. The monoisotopic (exact) mass is 733 g/mol. The molecule has 4 unspecified atom stereocenters. The third kappa shape index (κ3) is 9.64. The van der Waals surface area contributed by atoms with Crippen molar-refractivity contribution in [1.82, 2.24) is 4.90 Å². The van der Waals surface area contributed by atoms with E-state index in [-0.39, 0.29) is 37.0 Å². The van der Waals surface area contributed by atoms with Crippen LogP contribution in [-0.2, 0) is 25.7 Å². The summed E-state index contributed by atoms with van der Waals surface area (Å²) in [5.41, 5.74) is 7.57. The Kier molecular flexibility index (Phi) is 15.3. The molecular formula is C36H43Cl2F2N5O5. The van der Waals surface area contributed by atoms with Crippen LogP contribution in [0.2, 0.25) is 0 Å². The Morgan fingerprint density at radius 2 is 1.64 bits per heavy atom. The number of ether oxygens (including phenoxy) is 1. The SMILES string of the molecule is CCC1[NH2+]C(=O)C(C(=O)[NH2+]CCCN2CCN(c3ccccc3C(N)=O)CC2)C(c2ccc(F)cc2F)C1C(=O)OCc1ccccc1.[Cl-].[Cl-]. The number of carbonyl (C=O) groups excluding carboxylic acids is 4. The molecule has 4 atom stereocenters. The summed E-state index contributed by atoms with van der Waals surface area (Å²) >= 11 is 0. The number of halogens is 4. The first-order chi connectivity index (χ1) is 23.2. The molecule has 5 rings (SSSR count). The molecule has 0 aliphatic carbocycles. The van der Waals surface area contributed by atoms with Crippen molar-refractivity contribution < 1.29 is 68.1 Å². The van der Waals surface area contributed by atoms with Crippen LogP contribution in [0, 0.1) is 23.5 Å². The number of esters is 1. The smallest absolute Gasteiger partial charge is 0.328 e. The number of piperidine rings is 1. The average Bonchev–Trinajstić information content (AvgIpc) is 3.09. The second-order valence-electron chi connectivity index (χ2n) is 12.4. The molecule has 50 heavy (non-hydrogen) atoms. The molecule has 14 heteroatoms. The number of anilines is 1. The number of hydrogen-bond donors (Lipinski definition) is 3. The minimum absolute atomic E-state index is 0. The van der Waals surface area contributed by atoms with E-state index in [9.17, 15) is 23.6 Å². The molecule has 6 N–H and O–H groups in total. The molecule has 270 valence electrons. The van der Waals surface area contributed by atoms with Gasteiger partial charge in [-0.1, -0.05) is 55.5 Å². The average molecular weight is 735 g/mol. The van der Waals surface area contributed by atoms with Gasteiger partial charge in [-0.2, -0.15) is 0 Å². The Hall–Kier alpha value is -3.94. The van der Waals surface area contributed by atoms with Gasteiger partial charge in [0.15, 0.2) is 5.92 Å². The van der Waals surface area contributed by atoms with E-state index in [4.69, 9.17) is 10.5 Å². The highest BCUT2D eigenvalue weighted by Crippen LogP contribution is 2.39. The van der Waals surface area contributed by atoms with Crippen molar-refractivity contribution in [2.45, 2.75) is 38.3 Å². The van der Waals surface area contributed by atoms with Crippen LogP contribution in [0.25, 0.3) is 0 Å². The van der Waals surface area contributed by atoms with Gasteiger partial charge >= 0.3 is 17.8 Å². The number of benzene rings is 3. The number of amides is 3. The summed E-state index contributed by atoms with van der Waals surface area (Å²) in [7, 11) is 0. The minimum atomic E-state index is -1.34. The van der Waals surface area contributed by atoms with Gasteiger partial charge in [-0.25, -0.2) is 18.4 Å².